The predicted molar refractivity (Wildman–Crippen MR) is 141 cm³/mol. The van der Waals surface area contributed by atoms with Crippen LogP contribution < -0.4 is 5.32 Å². The summed E-state index contributed by atoms with van der Waals surface area (Å²) in [6, 6.07) is 13.0. The Bertz CT molecular complexity index is 1230. The number of halogens is 3. The van der Waals surface area contributed by atoms with Crippen LogP contribution in [-0.4, -0.2) is 82.4 Å². The number of likely N-dealkylation sites (tertiary alicyclic amines) is 2. The molecule has 0 unspecified atom stereocenters. The minimum atomic E-state index is -5.04. The van der Waals surface area contributed by atoms with Crippen molar-refractivity contribution < 1.29 is 42.4 Å². The molecule has 3 aliphatic heterocycles. The summed E-state index contributed by atoms with van der Waals surface area (Å²) in [6.45, 7) is 1.73. The Morgan fingerprint density at radius 2 is 1.80 bits per heavy atom. The van der Waals surface area contributed by atoms with Gasteiger partial charge in [-0.05, 0) is 42.5 Å². The Hall–Kier alpha value is -3.03. The second-order valence-corrected chi connectivity index (χ2v) is 10.8. The van der Waals surface area contributed by atoms with Crippen molar-refractivity contribution in [3.8, 4) is 0 Å². The highest BCUT2D eigenvalue weighted by atomic mass is 19.4. The maximum absolute atomic E-state index is 13.0. The summed E-state index contributed by atoms with van der Waals surface area (Å²) in [5.74, 6) is -2.70. The molecule has 2 amide bonds. The third-order valence-electron chi connectivity index (χ3n) is 7.81. The SMILES string of the molecule is O=C(Nc1cccc([C@H]2O[C@@H](CN3CC[C@H](O)C3)C[C@@H](c3ccc(CO)cc3)O2)c1)[C@@H]1CCCN1C(=O)C(F)(F)F. The molecule has 3 fully saturated rings. The second kappa shape index (κ2) is 12.5. The first-order valence-corrected chi connectivity index (χ1v) is 13.8. The molecular weight excluding hydrogens is 543 g/mol. The Labute approximate surface area is 235 Å². The number of hydrogen-bond donors (Lipinski definition) is 3. The van der Waals surface area contributed by atoms with Crippen molar-refractivity contribution in [2.24, 2.45) is 0 Å². The van der Waals surface area contributed by atoms with Gasteiger partial charge in [0.2, 0.25) is 5.91 Å². The van der Waals surface area contributed by atoms with Gasteiger partial charge >= 0.3 is 12.1 Å². The lowest BCUT2D eigenvalue weighted by molar-refractivity contribution is -0.252. The number of amides is 2. The van der Waals surface area contributed by atoms with E-state index in [0.717, 1.165) is 17.7 Å². The number of aliphatic hydroxyl groups is 2. The monoisotopic (exact) mass is 577 g/mol. The van der Waals surface area contributed by atoms with Crippen molar-refractivity contribution in [3.05, 3.63) is 65.2 Å². The standard InChI is InChI=1S/C29H34F3N3O6/c30-29(31,32)28(39)35-11-2-5-24(35)26(38)33-21-4-1-3-20(13-21)27-40-23(16-34-12-10-22(37)15-34)14-25(41-27)19-8-6-18(17-36)7-9-19/h1,3-4,6-9,13,22-25,27,36-37H,2,5,10-12,14-17H2,(H,33,38)/t22-,23+,24-,25-,27-/m0/s1. The molecule has 0 radical (unpaired) electrons. The van der Waals surface area contributed by atoms with Crippen LogP contribution in [0.5, 0.6) is 0 Å². The van der Waals surface area contributed by atoms with Crippen molar-refractivity contribution in [1.82, 2.24) is 9.80 Å². The largest absolute Gasteiger partial charge is 0.471 e. The molecule has 3 aliphatic rings. The highest BCUT2D eigenvalue weighted by Crippen LogP contribution is 2.39. The normalized spacial score (nSPS) is 27.2. The van der Waals surface area contributed by atoms with Gasteiger partial charge in [0.05, 0.1) is 24.9 Å². The lowest BCUT2D eigenvalue weighted by Gasteiger charge is -2.38. The third-order valence-corrected chi connectivity index (χ3v) is 7.81. The van der Waals surface area contributed by atoms with E-state index in [1.165, 1.54) is 0 Å². The molecule has 0 bridgehead atoms. The molecule has 9 nitrogen and oxygen atoms in total. The van der Waals surface area contributed by atoms with Gasteiger partial charge in [-0.15, -0.1) is 0 Å². The first-order valence-electron chi connectivity index (χ1n) is 13.8. The number of hydrogen-bond acceptors (Lipinski definition) is 7. The fourth-order valence-corrected chi connectivity index (χ4v) is 5.73. The lowest BCUT2D eigenvalue weighted by Crippen LogP contribution is -2.48. The topological polar surface area (TPSA) is 112 Å². The summed E-state index contributed by atoms with van der Waals surface area (Å²) in [6.07, 6.45) is -5.03. The molecule has 3 saturated heterocycles. The molecule has 12 heteroatoms. The van der Waals surface area contributed by atoms with Gasteiger partial charge in [0.15, 0.2) is 6.29 Å². The zero-order chi connectivity index (χ0) is 29.1. The van der Waals surface area contributed by atoms with E-state index in [0.29, 0.717) is 48.5 Å². The number of rotatable bonds is 7. The number of alkyl halides is 3. The van der Waals surface area contributed by atoms with Gasteiger partial charge in [-0.1, -0.05) is 36.4 Å². The zero-order valence-corrected chi connectivity index (χ0v) is 22.4. The van der Waals surface area contributed by atoms with Crippen LogP contribution in [0.1, 0.15) is 54.8 Å². The summed E-state index contributed by atoms with van der Waals surface area (Å²) in [5, 5.41) is 22.0. The summed E-state index contributed by atoms with van der Waals surface area (Å²) in [4.78, 5) is 27.5. The van der Waals surface area contributed by atoms with Crippen LogP contribution in [-0.2, 0) is 25.7 Å². The van der Waals surface area contributed by atoms with Crippen molar-refractivity contribution in [2.75, 3.05) is 31.5 Å². The van der Waals surface area contributed by atoms with Gasteiger partial charge in [0.25, 0.3) is 0 Å². The van der Waals surface area contributed by atoms with E-state index in [4.69, 9.17) is 9.47 Å². The summed E-state index contributed by atoms with van der Waals surface area (Å²) in [7, 11) is 0. The van der Waals surface area contributed by atoms with Crippen LogP contribution in [0.2, 0.25) is 0 Å². The van der Waals surface area contributed by atoms with Crippen LogP contribution in [0.4, 0.5) is 18.9 Å². The van der Waals surface area contributed by atoms with E-state index in [-0.39, 0.29) is 37.9 Å². The minimum absolute atomic E-state index is 0.0705. The number of benzene rings is 2. The van der Waals surface area contributed by atoms with Crippen molar-refractivity contribution in [3.63, 3.8) is 0 Å². The van der Waals surface area contributed by atoms with Crippen LogP contribution in [0.3, 0.4) is 0 Å². The number of anilines is 1. The van der Waals surface area contributed by atoms with E-state index in [1.54, 1.807) is 24.3 Å². The highest BCUT2D eigenvalue weighted by molar-refractivity contribution is 5.98. The van der Waals surface area contributed by atoms with Gasteiger partial charge in [0, 0.05) is 43.9 Å². The van der Waals surface area contributed by atoms with E-state index in [1.807, 2.05) is 24.3 Å². The Kier molecular flexibility index (Phi) is 8.95. The lowest BCUT2D eigenvalue weighted by atomic mass is 9.99. The summed E-state index contributed by atoms with van der Waals surface area (Å²) in [5.41, 5.74) is 2.66. The van der Waals surface area contributed by atoms with E-state index in [9.17, 15) is 33.0 Å². The van der Waals surface area contributed by atoms with E-state index < -0.39 is 30.3 Å². The van der Waals surface area contributed by atoms with Crippen LogP contribution in [0, 0.1) is 0 Å². The number of carbonyl (C=O) groups is 2. The molecule has 0 aliphatic carbocycles. The molecule has 2 aromatic rings. The molecule has 3 N–H and O–H groups in total. The second-order valence-electron chi connectivity index (χ2n) is 10.8. The number of nitrogens with zero attached hydrogens (tertiary/aromatic N) is 2. The van der Waals surface area contributed by atoms with Crippen LogP contribution in [0.15, 0.2) is 48.5 Å². The minimum Gasteiger partial charge on any atom is -0.392 e. The van der Waals surface area contributed by atoms with Crippen molar-refractivity contribution >= 4 is 17.5 Å². The number of ether oxygens (including phenoxy) is 2. The summed E-state index contributed by atoms with van der Waals surface area (Å²) < 4.78 is 51.7. The van der Waals surface area contributed by atoms with Gasteiger partial charge < -0.3 is 29.9 Å². The average Bonchev–Trinajstić information content (AvgIpc) is 3.61. The molecule has 5 atom stereocenters. The first-order chi connectivity index (χ1) is 19.6. The molecule has 3 heterocycles. The molecule has 222 valence electrons. The highest BCUT2D eigenvalue weighted by Gasteiger charge is 2.47. The Balaban J connectivity index is 1.32. The Morgan fingerprint density at radius 1 is 1.02 bits per heavy atom. The van der Waals surface area contributed by atoms with E-state index >= 15 is 0 Å². The van der Waals surface area contributed by atoms with Crippen LogP contribution in [0.25, 0.3) is 0 Å². The summed E-state index contributed by atoms with van der Waals surface area (Å²) >= 11 is 0. The maximum Gasteiger partial charge on any atom is 0.471 e. The van der Waals surface area contributed by atoms with Gasteiger partial charge in [0.1, 0.15) is 6.04 Å². The van der Waals surface area contributed by atoms with Crippen molar-refractivity contribution in [1.29, 1.82) is 0 Å². The first kappa shape index (κ1) is 29.5. The number of carbonyl (C=O) groups excluding carboxylic acids is 2. The Morgan fingerprint density at radius 3 is 2.49 bits per heavy atom. The van der Waals surface area contributed by atoms with Gasteiger partial charge in [-0.25, -0.2) is 0 Å². The molecule has 0 saturated carbocycles. The van der Waals surface area contributed by atoms with Gasteiger partial charge in [-0.3, -0.25) is 14.5 Å². The third kappa shape index (κ3) is 7.07. The van der Waals surface area contributed by atoms with Gasteiger partial charge in [-0.2, -0.15) is 13.2 Å². The molecular formula is C29H34F3N3O6. The van der Waals surface area contributed by atoms with E-state index in [2.05, 4.69) is 10.2 Å². The number of nitrogens with one attached hydrogen (secondary N) is 1. The molecule has 41 heavy (non-hydrogen) atoms. The predicted octanol–water partition coefficient (Wildman–Crippen LogP) is 3.28. The molecule has 0 aromatic heterocycles. The smallest absolute Gasteiger partial charge is 0.392 e. The zero-order valence-electron chi connectivity index (χ0n) is 22.4. The molecule has 5 rings (SSSR count). The molecule has 0 spiro atoms. The average molecular weight is 578 g/mol. The quantitative estimate of drug-likeness (QED) is 0.463. The fraction of sp³-hybridized carbons (Fsp3) is 0.517. The maximum atomic E-state index is 13.0. The van der Waals surface area contributed by atoms with Crippen LogP contribution >= 0.6 is 0 Å². The number of aliphatic hydroxyl groups excluding tert-OH is 2. The van der Waals surface area contributed by atoms with Crippen molar-refractivity contribution in [2.45, 2.75) is 69.1 Å². The fourth-order valence-electron chi connectivity index (χ4n) is 5.73. The number of β-amino-alcohol motifs (C(OH)–C–C–N with tert-alkyl or cyclic N) is 1. The molecule has 2 aromatic carbocycles.